The summed E-state index contributed by atoms with van der Waals surface area (Å²) < 4.78 is 40.2. The number of quaternary nitrogens is 1. The van der Waals surface area contributed by atoms with Gasteiger partial charge in [0.2, 0.25) is 0 Å². The molecule has 0 radical (unpaired) electrons. The zero-order chi connectivity index (χ0) is 39.6. The van der Waals surface area contributed by atoms with Crippen molar-refractivity contribution in [2.75, 3.05) is 47.5 Å². The zero-order valence-electron chi connectivity index (χ0n) is 35.4. The lowest BCUT2D eigenvalue weighted by Gasteiger charge is -2.28. The highest BCUT2D eigenvalue weighted by Gasteiger charge is 2.36. The van der Waals surface area contributed by atoms with Gasteiger partial charge in [-0.25, -0.2) is 0 Å². The molecule has 9 nitrogen and oxygen atoms in total. The fourth-order valence-corrected chi connectivity index (χ4v) is 6.79. The molecule has 1 aliphatic rings. The summed E-state index contributed by atoms with van der Waals surface area (Å²) in [6.07, 6.45) is 41.3. The quantitative estimate of drug-likeness (QED) is 0.0115. The number of rotatable bonds is 39. The van der Waals surface area contributed by atoms with Gasteiger partial charge >= 0.3 is 5.97 Å². The highest BCUT2D eigenvalue weighted by molar-refractivity contribution is 7.45. The van der Waals surface area contributed by atoms with Gasteiger partial charge in [-0.05, 0) is 76.7 Å². The maximum Gasteiger partial charge on any atom is 0.305 e. The summed E-state index contributed by atoms with van der Waals surface area (Å²) in [4.78, 5) is 24.9. The van der Waals surface area contributed by atoms with Crippen LogP contribution in [0.2, 0.25) is 0 Å². The molecule has 0 aliphatic carbocycles. The normalized spacial score (nSPS) is 17.8. The summed E-state index contributed by atoms with van der Waals surface area (Å²) in [5, 5.41) is 0. The van der Waals surface area contributed by atoms with E-state index in [-0.39, 0.29) is 25.8 Å². The summed E-state index contributed by atoms with van der Waals surface area (Å²) in [6.45, 7) is 4.63. The van der Waals surface area contributed by atoms with Crippen molar-refractivity contribution in [3.8, 4) is 0 Å². The summed E-state index contributed by atoms with van der Waals surface area (Å²) in [6, 6.07) is 0. The zero-order valence-corrected chi connectivity index (χ0v) is 36.3. The first-order valence-electron chi connectivity index (χ1n) is 21.9. The van der Waals surface area contributed by atoms with Gasteiger partial charge in [-0.15, -0.1) is 0 Å². The van der Waals surface area contributed by atoms with Crippen LogP contribution < -0.4 is 4.89 Å². The average Bonchev–Trinajstić information content (AvgIpc) is 3.88. The summed E-state index contributed by atoms with van der Waals surface area (Å²) in [5.41, 5.74) is 0. The summed E-state index contributed by atoms with van der Waals surface area (Å²) in [7, 11) is 1.34. The third kappa shape index (κ3) is 33.8. The lowest BCUT2D eigenvalue weighted by molar-refractivity contribution is -0.870. The Balaban J connectivity index is 2.26. The molecule has 4 atom stereocenters. The van der Waals surface area contributed by atoms with Gasteiger partial charge in [0, 0.05) is 6.42 Å². The van der Waals surface area contributed by atoms with Crippen LogP contribution in [0.25, 0.3) is 0 Å². The number of carbonyl (C=O) groups is 1. The molecule has 3 unspecified atom stereocenters. The van der Waals surface area contributed by atoms with E-state index in [0.717, 1.165) is 64.2 Å². The molecule has 0 amide bonds. The molecule has 1 rings (SSSR count). The second-order valence-corrected chi connectivity index (χ2v) is 17.6. The van der Waals surface area contributed by atoms with E-state index in [1.807, 2.05) is 27.2 Å². The standard InChI is InChI=1S/C44H82NO8P/c1-6-8-10-12-14-15-16-17-18-19-20-21-22-23-28-32-37-49-41(40-52-54(47,48)51-38-36-45(3,4)5)39-50-44(46)35-31-27-24-26-30-34-43-42(53-43)33-29-25-13-11-9-7-2/h15-16,25,29,32,37,41-43H,6-14,17-24,26-28,30-31,33-36,38-40H2,1-5H3/b16-15-,29-25-,37-32+/t41-,42?,43?/m1/s1. The van der Waals surface area contributed by atoms with Crippen molar-refractivity contribution in [3.63, 3.8) is 0 Å². The van der Waals surface area contributed by atoms with Crippen LogP contribution in [0.1, 0.15) is 174 Å². The average molecular weight is 784 g/mol. The van der Waals surface area contributed by atoms with Crippen LogP contribution in [0, 0.1) is 0 Å². The van der Waals surface area contributed by atoms with E-state index in [1.165, 1.54) is 89.9 Å². The number of unbranched alkanes of at least 4 members (excludes halogenated alkanes) is 18. The Bertz CT molecular complexity index is 1030. The highest BCUT2D eigenvalue weighted by Crippen LogP contribution is 2.38. The van der Waals surface area contributed by atoms with E-state index < -0.39 is 13.9 Å². The SMILES string of the molecule is CCCCC/C=C\CC1OC1CCCCCCCC(=O)OC[C@H](COP(=O)([O-])OCC[N+](C)(C)C)O/C=C/CCCCCCCC/C=C\CCCCCC. The molecule has 10 heteroatoms. The first-order chi connectivity index (χ1) is 26.1. The minimum atomic E-state index is -4.52. The fraction of sp³-hybridized carbons (Fsp3) is 0.841. The number of allylic oxidation sites excluding steroid dienone is 4. The number of carbonyl (C=O) groups excluding carboxylic acids is 1. The third-order valence-corrected chi connectivity index (χ3v) is 10.6. The molecule has 316 valence electrons. The van der Waals surface area contributed by atoms with Crippen molar-refractivity contribution in [1.82, 2.24) is 0 Å². The van der Waals surface area contributed by atoms with E-state index >= 15 is 0 Å². The molecule has 0 aromatic rings. The van der Waals surface area contributed by atoms with Crippen LogP contribution in [-0.2, 0) is 32.6 Å². The van der Waals surface area contributed by atoms with E-state index in [2.05, 4.69) is 38.2 Å². The molecule has 1 saturated heterocycles. The smallest absolute Gasteiger partial charge is 0.305 e. The van der Waals surface area contributed by atoms with Crippen molar-refractivity contribution in [1.29, 1.82) is 0 Å². The second kappa shape index (κ2) is 33.6. The van der Waals surface area contributed by atoms with Crippen LogP contribution in [0.15, 0.2) is 36.6 Å². The van der Waals surface area contributed by atoms with Crippen molar-refractivity contribution < 1.29 is 42.0 Å². The van der Waals surface area contributed by atoms with Crippen LogP contribution >= 0.6 is 7.82 Å². The molecule has 0 N–H and O–H groups in total. The number of hydrogen-bond acceptors (Lipinski definition) is 8. The van der Waals surface area contributed by atoms with Gasteiger partial charge < -0.3 is 32.6 Å². The fourth-order valence-electron chi connectivity index (χ4n) is 6.06. The van der Waals surface area contributed by atoms with Crippen molar-refractivity contribution >= 4 is 13.8 Å². The molecular weight excluding hydrogens is 701 g/mol. The Kier molecular flexibility index (Phi) is 31.5. The largest absolute Gasteiger partial charge is 0.756 e. The minimum Gasteiger partial charge on any atom is -0.756 e. The first kappa shape index (κ1) is 50.5. The number of epoxide rings is 1. The van der Waals surface area contributed by atoms with Crippen LogP contribution in [0.4, 0.5) is 0 Å². The van der Waals surface area contributed by atoms with Crippen LogP contribution in [0.5, 0.6) is 0 Å². The van der Waals surface area contributed by atoms with Gasteiger partial charge in [0.25, 0.3) is 7.82 Å². The molecule has 0 aromatic carbocycles. The molecule has 54 heavy (non-hydrogen) atoms. The molecule has 1 aliphatic heterocycles. The monoisotopic (exact) mass is 784 g/mol. The van der Waals surface area contributed by atoms with Gasteiger partial charge in [-0.2, -0.15) is 0 Å². The van der Waals surface area contributed by atoms with E-state index in [9.17, 15) is 14.3 Å². The van der Waals surface area contributed by atoms with Gasteiger partial charge in [-0.1, -0.05) is 122 Å². The Morgan fingerprint density at radius 2 is 1.22 bits per heavy atom. The number of hydrogen-bond donors (Lipinski definition) is 0. The molecule has 0 bridgehead atoms. The molecule has 0 spiro atoms. The minimum absolute atomic E-state index is 0.0205. The molecule has 0 aromatic heterocycles. The Hall–Kier alpha value is -1.48. The predicted octanol–water partition coefficient (Wildman–Crippen LogP) is 11.3. The van der Waals surface area contributed by atoms with Crippen molar-refractivity contribution in [2.24, 2.45) is 0 Å². The highest BCUT2D eigenvalue weighted by atomic mass is 31.2. The maximum atomic E-state index is 12.5. The molecule has 1 heterocycles. The Morgan fingerprint density at radius 3 is 1.87 bits per heavy atom. The van der Waals surface area contributed by atoms with Crippen LogP contribution in [0.3, 0.4) is 0 Å². The van der Waals surface area contributed by atoms with Crippen molar-refractivity contribution in [3.05, 3.63) is 36.6 Å². The van der Waals surface area contributed by atoms with E-state index in [0.29, 0.717) is 29.7 Å². The van der Waals surface area contributed by atoms with E-state index in [4.69, 9.17) is 23.3 Å². The molecular formula is C44H82NO8P. The third-order valence-electron chi connectivity index (χ3n) is 9.68. The number of phosphoric ester groups is 1. The Morgan fingerprint density at radius 1 is 0.685 bits per heavy atom. The maximum absolute atomic E-state index is 12.5. The van der Waals surface area contributed by atoms with Gasteiger partial charge in [-0.3, -0.25) is 9.36 Å². The first-order valence-corrected chi connectivity index (χ1v) is 23.3. The number of phosphoric acid groups is 1. The number of likely N-dealkylation sites (N-methyl/N-ethyl adjacent to an activating group) is 1. The molecule has 1 fully saturated rings. The summed E-state index contributed by atoms with van der Waals surface area (Å²) in [5.74, 6) is -0.313. The summed E-state index contributed by atoms with van der Waals surface area (Å²) >= 11 is 0. The number of ether oxygens (including phenoxy) is 3. The van der Waals surface area contributed by atoms with E-state index in [1.54, 1.807) is 6.26 Å². The Labute approximate surface area is 331 Å². The lowest BCUT2D eigenvalue weighted by Crippen LogP contribution is -2.37. The lowest BCUT2D eigenvalue weighted by atomic mass is 10.1. The van der Waals surface area contributed by atoms with Crippen molar-refractivity contribution in [2.45, 2.75) is 193 Å². The van der Waals surface area contributed by atoms with Gasteiger partial charge in [0.1, 0.15) is 19.8 Å². The molecule has 0 saturated carbocycles. The predicted molar refractivity (Wildman–Crippen MR) is 221 cm³/mol. The topological polar surface area (TPSA) is 107 Å². The van der Waals surface area contributed by atoms with Gasteiger partial charge in [0.15, 0.2) is 6.10 Å². The van der Waals surface area contributed by atoms with Gasteiger partial charge in [0.05, 0.1) is 46.2 Å². The van der Waals surface area contributed by atoms with Crippen LogP contribution in [-0.4, -0.2) is 76.3 Å². The number of esters is 1. The number of nitrogens with zero attached hydrogens (tertiary/aromatic N) is 1. The second-order valence-electron chi connectivity index (χ2n) is 16.1.